The number of benzene rings is 2. The highest BCUT2D eigenvalue weighted by molar-refractivity contribution is 7.13. The van der Waals surface area contributed by atoms with Gasteiger partial charge in [0.25, 0.3) is 5.91 Å². The summed E-state index contributed by atoms with van der Waals surface area (Å²) in [6.07, 6.45) is -1.08. The molecule has 0 fully saturated rings. The molecule has 1 heterocycles. The molecule has 8 heteroatoms. The second kappa shape index (κ2) is 8.50. The summed E-state index contributed by atoms with van der Waals surface area (Å²) in [6.45, 7) is 3.05. The number of ether oxygens (including phenoxy) is 1. The van der Waals surface area contributed by atoms with Crippen molar-refractivity contribution in [2.24, 2.45) is 0 Å². The maximum atomic E-state index is 13.6. The molecular formula is C20H16ClFN2O3S. The molecule has 0 aliphatic rings. The van der Waals surface area contributed by atoms with Gasteiger partial charge in [-0.1, -0.05) is 29.8 Å². The van der Waals surface area contributed by atoms with Crippen molar-refractivity contribution >= 4 is 40.5 Å². The van der Waals surface area contributed by atoms with Gasteiger partial charge in [0.15, 0.2) is 11.8 Å². The minimum Gasteiger partial charge on any atom is -0.448 e. The van der Waals surface area contributed by atoms with E-state index in [-0.39, 0.29) is 11.4 Å². The summed E-state index contributed by atoms with van der Waals surface area (Å²) < 4.78 is 18.7. The second-order valence-corrected chi connectivity index (χ2v) is 7.34. The summed E-state index contributed by atoms with van der Waals surface area (Å²) in [5.41, 5.74) is 1.63. The van der Waals surface area contributed by atoms with E-state index >= 15 is 0 Å². The molecule has 3 aromatic rings. The molecule has 144 valence electrons. The van der Waals surface area contributed by atoms with Crippen LogP contribution in [0.5, 0.6) is 0 Å². The third-order valence-electron chi connectivity index (χ3n) is 3.88. The molecule has 1 amide bonds. The predicted octanol–water partition coefficient (Wildman–Crippen LogP) is 5.10. The molecule has 2 aromatic carbocycles. The Morgan fingerprint density at radius 2 is 2.04 bits per heavy atom. The fourth-order valence-electron chi connectivity index (χ4n) is 2.31. The molecular weight excluding hydrogens is 403 g/mol. The first-order chi connectivity index (χ1) is 13.3. The van der Waals surface area contributed by atoms with Crippen LogP contribution in [0.3, 0.4) is 0 Å². The van der Waals surface area contributed by atoms with Gasteiger partial charge in [-0.15, -0.1) is 11.3 Å². The zero-order valence-electron chi connectivity index (χ0n) is 15.0. The van der Waals surface area contributed by atoms with Gasteiger partial charge in [-0.25, -0.2) is 14.2 Å². The van der Waals surface area contributed by atoms with Gasteiger partial charge in [-0.3, -0.25) is 4.79 Å². The fraction of sp³-hybridized carbons (Fsp3) is 0.150. The van der Waals surface area contributed by atoms with Gasteiger partial charge in [-0.2, -0.15) is 0 Å². The SMILES string of the molecule is Cc1ccc(NC(=O)C(C)OC(=O)c2csc(-c3cccc(Cl)c3)n2)cc1F. The quantitative estimate of drug-likeness (QED) is 0.585. The first-order valence-corrected chi connectivity index (χ1v) is 9.58. The van der Waals surface area contributed by atoms with Gasteiger partial charge in [0.1, 0.15) is 10.8 Å². The van der Waals surface area contributed by atoms with Crippen molar-refractivity contribution < 1.29 is 18.7 Å². The lowest BCUT2D eigenvalue weighted by Gasteiger charge is -2.13. The molecule has 0 bridgehead atoms. The lowest BCUT2D eigenvalue weighted by molar-refractivity contribution is -0.123. The van der Waals surface area contributed by atoms with Crippen molar-refractivity contribution in [1.29, 1.82) is 0 Å². The zero-order chi connectivity index (χ0) is 20.3. The van der Waals surface area contributed by atoms with Crippen LogP contribution in [0.4, 0.5) is 10.1 Å². The number of rotatable bonds is 5. The molecule has 1 N–H and O–H groups in total. The normalized spacial score (nSPS) is 11.7. The van der Waals surface area contributed by atoms with E-state index in [4.69, 9.17) is 16.3 Å². The lowest BCUT2D eigenvalue weighted by Crippen LogP contribution is -2.30. The number of nitrogens with one attached hydrogen (secondary N) is 1. The number of aryl methyl sites for hydroxylation is 1. The molecule has 0 saturated carbocycles. The first kappa shape index (κ1) is 20.0. The first-order valence-electron chi connectivity index (χ1n) is 8.33. The molecule has 1 atom stereocenters. The number of hydrogen-bond acceptors (Lipinski definition) is 5. The van der Waals surface area contributed by atoms with E-state index in [0.29, 0.717) is 15.6 Å². The highest BCUT2D eigenvalue weighted by atomic mass is 35.5. The average molecular weight is 419 g/mol. The van der Waals surface area contributed by atoms with Crippen molar-refractivity contribution in [2.45, 2.75) is 20.0 Å². The Kier molecular flexibility index (Phi) is 6.06. The van der Waals surface area contributed by atoms with Crippen LogP contribution in [0.2, 0.25) is 5.02 Å². The smallest absolute Gasteiger partial charge is 0.358 e. The van der Waals surface area contributed by atoms with E-state index in [1.165, 1.54) is 24.3 Å². The Morgan fingerprint density at radius 1 is 1.25 bits per heavy atom. The Bertz CT molecular complexity index is 1040. The van der Waals surface area contributed by atoms with E-state index in [1.54, 1.807) is 42.6 Å². The van der Waals surface area contributed by atoms with Crippen LogP contribution in [-0.2, 0) is 9.53 Å². The van der Waals surface area contributed by atoms with Gasteiger partial charge in [0, 0.05) is 21.7 Å². The zero-order valence-corrected chi connectivity index (χ0v) is 16.6. The number of amides is 1. The maximum absolute atomic E-state index is 13.6. The third-order valence-corrected chi connectivity index (χ3v) is 5.00. The van der Waals surface area contributed by atoms with Crippen LogP contribution in [0, 0.1) is 12.7 Å². The number of carbonyl (C=O) groups excluding carboxylic acids is 2. The topological polar surface area (TPSA) is 68.3 Å². The molecule has 0 aliphatic heterocycles. The number of halogens is 2. The van der Waals surface area contributed by atoms with Crippen LogP contribution in [-0.4, -0.2) is 23.0 Å². The average Bonchev–Trinajstić information content (AvgIpc) is 3.15. The molecule has 0 aliphatic carbocycles. The van der Waals surface area contributed by atoms with Crippen LogP contribution < -0.4 is 5.32 Å². The van der Waals surface area contributed by atoms with Gasteiger partial charge in [0.2, 0.25) is 0 Å². The molecule has 28 heavy (non-hydrogen) atoms. The van der Waals surface area contributed by atoms with Gasteiger partial charge < -0.3 is 10.1 Å². The van der Waals surface area contributed by atoms with Crippen LogP contribution in [0.1, 0.15) is 23.0 Å². The number of nitrogens with zero attached hydrogens (tertiary/aromatic N) is 1. The van der Waals surface area contributed by atoms with E-state index < -0.39 is 23.8 Å². The van der Waals surface area contributed by atoms with Crippen LogP contribution in [0.15, 0.2) is 47.8 Å². The van der Waals surface area contributed by atoms with Crippen LogP contribution >= 0.6 is 22.9 Å². The summed E-state index contributed by atoms with van der Waals surface area (Å²) in [5.74, 6) is -1.72. The lowest BCUT2D eigenvalue weighted by atomic mass is 10.2. The summed E-state index contributed by atoms with van der Waals surface area (Å²) >= 11 is 7.24. The molecule has 1 unspecified atom stereocenters. The van der Waals surface area contributed by atoms with Crippen molar-refractivity contribution in [3.05, 3.63) is 69.9 Å². The summed E-state index contributed by atoms with van der Waals surface area (Å²) in [4.78, 5) is 28.7. The molecule has 0 spiro atoms. The third kappa shape index (κ3) is 4.74. The van der Waals surface area contributed by atoms with Gasteiger partial charge >= 0.3 is 5.97 Å². The van der Waals surface area contributed by atoms with Gasteiger partial charge in [0.05, 0.1) is 0 Å². The molecule has 3 rings (SSSR count). The molecule has 5 nitrogen and oxygen atoms in total. The minimum absolute atomic E-state index is 0.0982. The Balaban J connectivity index is 1.63. The number of thiazole rings is 1. The number of anilines is 1. The van der Waals surface area contributed by atoms with Crippen molar-refractivity contribution in [2.75, 3.05) is 5.32 Å². The molecule has 1 aromatic heterocycles. The largest absolute Gasteiger partial charge is 0.448 e. The summed E-state index contributed by atoms with van der Waals surface area (Å²) in [7, 11) is 0. The van der Waals surface area contributed by atoms with E-state index in [9.17, 15) is 14.0 Å². The monoisotopic (exact) mass is 418 g/mol. The number of hydrogen-bond donors (Lipinski definition) is 1. The Morgan fingerprint density at radius 3 is 2.75 bits per heavy atom. The minimum atomic E-state index is -1.08. The standard InChI is InChI=1S/C20H16ClFN2O3S/c1-11-6-7-15(9-16(11)22)23-18(25)12(2)27-20(26)17-10-28-19(24-17)13-4-3-5-14(21)8-13/h3-10,12H,1-2H3,(H,23,25). The highest BCUT2D eigenvalue weighted by Crippen LogP contribution is 2.26. The van der Waals surface area contributed by atoms with E-state index in [1.807, 2.05) is 6.07 Å². The highest BCUT2D eigenvalue weighted by Gasteiger charge is 2.21. The van der Waals surface area contributed by atoms with E-state index in [2.05, 4.69) is 10.3 Å². The van der Waals surface area contributed by atoms with E-state index in [0.717, 1.165) is 5.56 Å². The Labute approximate surface area is 170 Å². The van der Waals surface area contributed by atoms with Gasteiger partial charge in [-0.05, 0) is 43.7 Å². The van der Waals surface area contributed by atoms with Crippen molar-refractivity contribution in [3.8, 4) is 10.6 Å². The van der Waals surface area contributed by atoms with Crippen molar-refractivity contribution in [3.63, 3.8) is 0 Å². The Hall–Kier alpha value is -2.77. The number of esters is 1. The second-order valence-electron chi connectivity index (χ2n) is 6.05. The summed E-state index contributed by atoms with van der Waals surface area (Å²) in [6, 6.07) is 11.4. The fourth-order valence-corrected chi connectivity index (χ4v) is 3.29. The molecule has 0 radical (unpaired) electrons. The predicted molar refractivity (Wildman–Crippen MR) is 107 cm³/mol. The van der Waals surface area contributed by atoms with Crippen molar-refractivity contribution in [1.82, 2.24) is 4.98 Å². The van der Waals surface area contributed by atoms with Crippen LogP contribution in [0.25, 0.3) is 10.6 Å². The molecule has 0 saturated heterocycles. The summed E-state index contributed by atoms with van der Waals surface area (Å²) in [5, 5.41) is 5.25. The maximum Gasteiger partial charge on any atom is 0.358 e. The number of aromatic nitrogens is 1. The number of carbonyl (C=O) groups is 2.